The molecule has 5 nitrogen and oxygen atoms in total. The Morgan fingerprint density at radius 2 is 1.95 bits per heavy atom. The van der Waals surface area contributed by atoms with E-state index in [4.69, 9.17) is 0 Å². The maximum absolute atomic E-state index is 11.7. The number of carbonyl (C=O) groups excluding carboxylic acids is 1. The van der Waals surface area contributed by atoms with Crippen molar-refractivity contribution in [1.82, 2.24) is 10.2 Å². The summed E-state index contributed by atoms with van der Waals surface area (Å²) < 4.78 is 0. The molecule has 2 N–H and O–H groups in total. The minimum Gasteiger partial charge on any atom is -0.392 e. The zero-order valence-corrected chi connectivity index (χ0v) is 12.5. The predicted octanol–water partition coefficient (Wildman–Crippen LogP) is 1.54. The van der Waals surface area contributed by atoms with E-state index < -0.39 is 6.10 Å². The second-order valence-corrected chi connectivity index (χ2v) is 5.07. The lowest BCUT2D eigenvalue weighted by Crippen LogP contribution is -2.41. The Morgan fingerprint density at radius 3 is 2.55 bits per heavy atom. The summed E-state index contributed by atoms with van der Waals surface area (Å²) in [7, 11) is 3.72. The average molecular weight is 279 g/mol. The van der Waals surface area contributed by atoms with Gasteiger partial charge in [0.25, 0.3) is 0 Å². The van der Waals surface area contributed by atoms with Gasteiger partial charge >= 0.3 is 6.03 Å². The Kier molecular flexibility index (Phi) is 6.87. The van der Waals surface area contributed by atoms with Crippen LogP contribution in [0.25, 0.3) is 0 Å². The molecule has 0 aromatic heterocycles. The number of likely N-dealkylation sites (N-methyl/N-ethyl adjacent to an activating group) is 1. The maximum Gasteiger partial charge on any atom is 0.317 e. The summed E-state index contributed by atoms with van der Waals surface area (Å²) in [4.78, 5) is 15.3. The third kappa shape index (κ3) is 5.93. The number of amides is 2. The van der Waals surface area contributed by atoms with Crippen molar-refractivity contribution in [2.45, 2.75) is 19.4 Å². The predicted molar refractivity (Wildman–Crippen MR) is 82.0 cm³/mol. The number of nitrogens with zero attached hydrogens (tertiary/aromatic N) is 2. The number of carbonyl (C=O) groups is 1. The van der Waals surface area contributed by atoms with Crippen molar-refractivity contribution < 1.29 is 9.90 Å². The van der Waals surface area contributed by atoms with E-state index in [0.717, 1.165) is 13.0 Å². The van der Waals surface area contributed by atoms with Gasteiger partial charge in [-0.1, -0.05) is 18.2 Å². The molecular weight excluding hydrogens is 254 g/mol. The van der Waals surface area contributed by atoms with Gasteiger partial charge in [-0.15, -0.1) is 0 Å². The van der Waals surface area contributed by atoms with Gasteiger partial charge in [0.05, 0.1) is 6.10 Å². The normalized spacial score (nSPS) is 11.8. The Balaban J connectivity index is 2.20. The highest BCUT2D eigenvalue weighted by Gasteiger charge is 2.09. The molecule has 1 rings (SSSR count). The Hall–Kier alpha value is -1.75. The lowest BCUT2D eigenvalue weighted by atomic mass is 10.3. The van der Waals surface area contributed by atoms with Crippen molar-refractivity contribution in [2.24, 2.45) is 0 Å². The molecule has 0 spiro atoms. The van der Waals surface area contributed by atoms with Crippen molar-refractivity contribution in [1.29, 1.82) is 0 Å². The highest BCUT2D eigenvalue weighted by Crippen LogP contribution is 2.10. The molecule has 0 fully saturated rings. The maximum atomic E-state index is 11.7. The number of rotatable bonds is 7. The molecule has 0 heterocycles. The fraction of sp³-hybridized carbons (Fsp3) is 0.533. The molecule has 5 heteroatoms. The third-order valence-corrected chi connectivity index (χ3v) is 3.03. The molecule has 2 amide bonds. The molecule has 0 aliphatic carbocycles. The van der Waals surface area contributed by atoms with Crippen LogP contribution in [-0.4, -0.2) is 55.9 Å². The first-order chi connectivity index (χ1) is 9.50. The van der Waals surface area contributed by atoms with Gasteiger partial charge in [0.15, 0.2) is 0 Å². The van der Waals surface area contributed by atoms with Crippen LogP contribution in [0.5, 0.6) is 0 Å². The van der Waals surface area contributed by atoms with Crippen LogP contribution in [-0.2, 0) is 0 Å². The smallest absolute Gasteiger partial charge is 0.317 e. The first-order valence-electron chi connectivity index (χ1n) is 6.94. The second kappa shape index (κ2) is 8.43. The van der Waals surface area contributed by atoms with Crippen molar-refractivity contribution >= 4 is 11.7 Å². The van der Waals surface area contributed by atoms with Crippen LogP contribution >= 0.6 is 0 Å². The minimum atomic E-state index is -0.505. The number of para-hydroxylation sites is 1. The van der Waals surface area contributed by atoms with E-state index >= 15 is 0 Å². The molecule has 1 aromatic rings. The highest BCUT2D eigenvalue weighted by molar-refractivity contribution is 5.73. The Bertz CT molecular complexity index is 395. The topological polar surface area (TPSA) is 55.8 Å². The second-order valence-electron chi connectivity index (χ2n) is 5.07. The number of hydrogen-bond acceptors (Lipinski definition) is 3. The van der Waals surface area contributed by atoms with Crippen molar-refractivity contribution in [3.8, 4) is 0 Å². The summed E-state index contributed by atoms with van der Waals surface area (Å²) in [5, 5.41) is 12.1. The van der Waals surface area contributed by atoms with Crippen LogP contribution in [0.1, 0.15) is 13.3 Å². The van der Waals surface area contributed by atoms with E-state index in [0.29, 0.717) is 13.1 Å². The van der Waals surface area contributed by atoms with E-state index in [-0.39, 0.29) is 6.03 Å². The zero-order valence-electron chi connectivity index (χ0n) is 12.5. The fourth-order valence-corrected chi connectivity index (χ4v) is 1.94. The van der Waals surface area contributed by atoms with E-state index in [2.05, 4.69) is 22.3 Å². The van der Waals surface area contributed by atoms with E-state index in [1.54, 1.807) is 14.0 Å². The van der Waals surface area contributed by atoms with Gasteiger partial charge in [0, 0.05) is 39.4 Å². The molecule has 0 saturated heterocycles. The van der Waals surface area contributed by atoms with E-state index in [1.165, 1.54) is 10.6 Å². The Labute approximate surface area is 121 Å². The summed E-state index contributed by atoms with van der Waals surface area (Å²) in [5.41, 5.74) is 1.17. The lowest BCUT2D eigenvalue weighted by Gasteiger charge is -2.21. The molecule has 0 radical (unpaired) electrons. The Morgan fingerprint density at radius 1 is 1.30 bits per heavy atom. The molecular formula is C15H25N3O2. The number of aliphatic hydroxyl groups is 1. The molecule has 112 valence electrons. The quantitative estimate of drug-likeness (QED) is 0.744. The first kappa shape index (κ1) is 16.3. The molecule has 20 heavy (non-hydrogen) atoms. The van der Waals surface area contributed by atoms with Crippen LogP contribution in [0.15, 0.2) is 30.3 Å². The summed E-state index contributed by atoms with van der Waals surface area (Å²) >= 11 is 0. The molecule has 0 aliphatic heterocycles. The van der Waals surface area contributed by atoms with Gasteiger partial charge < -0.3 is 20.2 Å². The highest BCUT2D eigenvalue weighted by atomic mass is 16.3. The van der Waals surface area contributed by atoms with E-state index in [9.17, 15) is 9.90 Å². The van der Waals surface area contributed by atoms with Crippen LogP contribution in [0.4, 0.5) is 10.5 Å². The molecule has 1 aromatic carbocycles. The van der Waals surface area contributed by atoms with Crippen LogP contribution in [0.3, 0.4) is 0 Å². The SMILES string of the molecule is CC(O)CN(C)C(=O)NCCCN(C)c1ccccc1. The van der Waals surface area contributed by atoms with Crippen molar-refractivity contribution in [3.05, 3.63) is 30.3 Å². The van der Waals surface area contributed by atoms with E-state index in [1.807, 2.05) is 25.2 Å². The monoisotopic (exact) mass is 279 g/mol. The lowest BCUT2D eigenvalue weighted by molar-refractivity contribution is 0.144. The first-order valence-corrected chi connectivity index (χ1v) is 6.94. The van der Waals surface area contributed by atoms with Crippen LogP contribution in [0.2, 0.25) is 0 Å². The number of benzene rings is 1. The number of nitrogens with one attached hydrogen (secondary N) is 1. The number of anilines is 1. The van der Waals surface area contributed by atoms with Gasteiger partial charge in [-0.2, -0.15) is 0 Å². The number of hydrogen-bond donors (Lipinski definition) is 2. The summed E-state index contributed by atoms with van der Waals surface area (Å²) in [6.45, 7) is 3.51. The molecule has 1 atom stereocenters. The van der Waals surface area contributed by atoms with Gasteiger partial charge in [0.1, 0.15) is 0 Å². The largest absolute Gasteiger partial charge is 0.392 e. The number of urea groups is 1. The molecule has 0 saturated carbocycles. The molecule has 0 aliphatic rings. The van der Waals surface area contributed by atoms with Crippen LogP contribution < -0.4 is 10.2 Å². The summed E-state index contributed by atoms with van der Waals surface area (Å²) in [6, 6.07) is 10.0. The van der Waals surface area contributed by atoms with Gasteiger partial charge in [-0.25, -0.2) is 4.79 Å². The standard InChI is InChI=1S/C15H25N3O2/c1-13(19)12-18(3)15(20)16-10-7-11-17(2)14-8-5-4-6-9-14/h4-6,8-9,13,19H,7,10-12H2,1-3H3,(H,16,20). The molecule has 1 unspecified atom stereocenters. The van der Waals surface area contributed by atoms with Gasteiger partial charge in [0.2, 0.25) is 0 Å². The van der Waals surface area contributed by atoms with Gasteiger partial charge in [-0.3, -0.25) is 0 Å². The van der Waals surface area contributed by atoms with Crippen molar-refractivity contribution in [2.75, 3.05) is 38.6 Å². The summed E-state index contributed by atoms with van der Waals surface area (Å²) in [6.07, 6.45) is 0.370. The fourth-order valence-electron chi connectivity index (χ4n) is 1.94. The third-order valence-electron chi connectivity index (χ3n) is 3.03. The van der Waals surface area contributed by atoms with Gasteiger partial charge in [-0.05, 0) is 25.5 Å². The van der Waals surface area contributed by atoms with Crippen LogP contribution in [0, 0.1) is 0 Å². The zero-order chi connectivity index (χ0) is 15.0. The number of aliphatic hydroxyl groups excluding tert-OH is 1. The average Bonchev–Trinajstić information content (AvgIpc) is 2.43. The summed E-state index contributed by atoms with van der Waals surface area (Å²) in [5.74, 6) is 0. The van der Waals surface area contributed by atoms with Crippen molar-refractivity contribution in [3.63, 3.8) is 0 Å². The molecule has 0 bridgehead atoms. The minimum absolute atomic E-state index is 0.145.